The van der Waals surface area contributed by atoms with E-state index in [0.29, 0.717) is 6.61 Å². The molecule has 0 bridgehead atoms. The first-order valence-electron chi connectivity index (χ1n) is 4.34. The van der Waals surface area contributed by atoms with Gasteiger partial charge < -0.3 is 4.74 Å². The molecule has 0 aliphatic heterocycles. The molecule has 0 atom stereocenters. The maximum absolute atomic E-state index is 6.10. The van der Waals surface area contributed by atoms with E-state index in [0.717, 1.165) is 17.7 Å². The molecule has 0 heterocycles. The van der Waals surface area contributed by atoms with Gasteiger partial charge in [0.25, 0.3) is 0 Å². The fraction of sp³-hybridized carbons (Fsp3) is 0.400. The van der Waals surface area contributed by atoms with Crippen molar-refractivity contribution in [1.29, 1.82) is 0 Å². The number of halogens is 3. The van der Waals surface area contributed by atoms with Gasteiger partial charge >= 0.3 is 0 Å². The number of alkyl halides is 3. The van der Waals surface area contributed by atoms with Gasteiger partial charge in [0, 0.05) is 5.56 Å². The fourth-order valence-electron chi connectivity index (χ4n) is 1.04. The second-order valence-electron chi connectivity index (χ2n) is 2.84. The Morgan fingerprint density at radius 2 is 2.00 bits per heavy atom. The summed E-state index contributed by atoms with van der Waals surface area (Å²) in [6, 6.07) is 7.68. The highest BCUT2D eigenvalue weighted by Gasteiger charge is 2.25. The van der Waals surface area contributed by atoms with Gasteiger partial charge in [-0.2, -0.15) is 0 Å². The Morgan fingerprint density at radius 3 is 2.57 bits per heavy atom. The second-order valence-corrected chi connectivity index (χ2v) is 7.77. The van der Waals surface area contributed by atoms with Gasteiger partial charge in [-0.1, -0.05) is 36.7 Å². The molecule has 0 radical (unpaired) electrons. The van der Waals surface area contributed by atoms with Crippen molar-refractivity contribution in [3.8, 4) is 5.75 Å². The van der Waals surface area contributed by atoms with Crippen LogP contribution in [0.3, 0.4) is 0 Å². The maximum atomic E-state index is 6.10. The van der Waals surface area contributed by atoms with Gasteiger partial charge in [0.1, 0.15) is 5.75 Å². The summed E-state index contributed by atoms with van der Waals surface area (Å²) in [6.07, 6.45) is 0.980. The molecular weight excluding hydrogens is 331 g/mol. The van der Waals surface area contributed by atoms with Gasteiger partial charge in [0.2, 0.25) is 0 Å². The van der Waals surface area contributed by atoms with E-state index in [1.54, 1.807) is 0 Å². The number of rotatable bonds is 4. The van der Waals surface area contributed by atoms with E-state index >= 15 is 0 Å². The monoisotopic (exact) mass is 340 g/mol. The molecule has 0 saturated carbocycles. The largest absolute Gasteiger partial charge is 0.493 e. The van der Waals surface area contributed by atoms with E-state index in [2.05, 4.69) is 38.8 Å². The van der Waals surface area contributed by atoms with Crippen LogP contribution in [0.4, 0.5) is 0 Å². The highest BCUT2D eigenvalue weighted by atomic mass is 79.9. The zero-order valence-corrected chi connectivity index (χ0v) is 11.7. The molecule has 1 aromatic carbocycles. The fourth-order valence-corrected chi connectivity index (χ4v) is 1.85. The lowest BCUT2D eigenvalue weighted by Crippen LogP contribution is -2.04. The van der Waals surface area contributed by atoms with Crippen LogP contribution in [0.1, 0.15) is 18.9 Å². The van der Waals surface area contributed by atoms with Gasteiger partial charge in [-0.25, -0.2) is 0 Å². The van der Waals surface area contributed by atoms with Crippen LogP contribution >= 0.6 is 43.5 Å². The summed E-state index contributed by atoms with van der Waals surface area (Å²) in [5, 5.41) is 0. The smallest absolute Gasteiger partial charge is 0.182 e. The molecule has 0 aliphatic carbocycles. The van der Waals surface area contributed by atoms with Crippen LogP contribution in [0.15, 0.2) is 24.3 Å². The summed E-state index contributed by atoms with van der Waals surface area (Å²) in [6.45, 7) is 2.77. The third-order valence-electron chi connectivity index (χ3n) is 1.65. The average molecular weight is 342 g/mol. The Morgan fingerprint density at radius 1 is 1.36 bits per heavy atom. The predicted octanol–water partition coefficient (Wildman–Crippen LogP) is 4.61. The number of benzene rings is 1. The van der Waals surface area contributed by atoms with Gasteiger partial charge in [0.15, 0.2) is 2.69 Å². The summed E-state index contributed by atoms with van der Waals surface area (Å²) in [4.78, 5) is 0. The molecule has 0 fully saturated rings. The summed E-state index contributed by atoms with van der Waals surface area (Å²) in [5.41, 5.74) is 0.884. The Labute approximate surface area is 106 Å². The van der Waals surface area contributed by atoms with Crippen molar-refractivity contribution >= 4 is 43.5 Å². The molecule has 4 heteroatoms. The van der Waals surface area contributed by atoms with Crippen molar-refractivity contribution in [1.82, 2.24) is 0 Å². The Kier molecular flexibility index (Phi) is 4.74. The minimum absolute atomic E-state index is 0.698. The minimum Gasteiger partial charge on any atom is -0.493 e. The number of hydrogen-bond acceptors (Lipinski definition) is 1. The topological polar surface area (TPSA) is 9.23 Å². The Balaban J connectivity index is 2.92. The third-order valence-corrected chi connectivity index (χ3v) is 2.71. The van der Waals surface area contributed by atoms with E-state index in [4.69, 9.17) is 16.3 Å². The molecule has 78 valence electrons. The van der Waals surface area contributed by atoms with E-state index in [1.807, 2.05) is 24.3 Å². The molecule has 0 aliphatic rings. The van der Waals surface area contributed by atoms with Crippen LogP contribution in [-0.2, 0) is 2.69 Å². The van der Waals surface area contributed by atoms with E-state index in [1.165, 1.54) is 0 Å². The lowest BCUT2D eigenvalue weighted by atomic mass is 10.2. The summed E-state index contributed by atoms with van der Waals surface area (Å²) in [5.74, 6) is 0.804. The molecule has 0 aromatic heterocycles. The van der Waals surface area contributed by atoms with Gasteiger partial charge in [-0.05, 0) is 44.3 Å². The first-order valence-corrected chi connectivity index (χ1v) is 6.31. The van der Waals surface area contributed by atoms with Crippen molar-refractivity contribution < 1.29 is 4.74 Å². The summed E-state index contributed by atoms with van der Waals surface area (Å²) < 4.78 is 4.82. The Hall–Kier alpha value is 0.270. The molecule has 0 unspecified atom stereocenters. The standard InChI is InChI=1S/C10H11Br2ClO/c1-2-7-14-9-6-4-3-5-8(9)10(11,12)13/h3-6H,2,7H2,1H3. The van der Waals surface area contributed by atoms with Gasteiger partial charge in [-0.3, -0.25) is 0 Å². The van der Waals surface area contributed by atoms with Gasteiger partial charge in [0.05, 0.1) is 6.61 Å². The molecule has 1 rings (SSSR count). The average Bonchev–Trinajstić information content (AvgIpc) is 2.14. The van der Waals surface area contributed by atoms with Crippen LogP contribution in [0.25, 0.3) is 0 Å². The van der Waals surface area contributed by atoms with Crippen molar-refractivity contribution in [2.45, 2.75) is 16.0 Å². The van der Waals surface area contributed by atoms with E-state index in [9.17, 15) is 0 Å². The highest BCUT2D eigenvalue weighted by molar-refractivity contribution is 9.25. The quantitative estimate of drug-likeness (QED) is 0.726. The highest BCUT2D eigenvalue weighted by Crippen LogP contribution is 2.46. The van der Waals surface area contributed by atoms with E-state index in [-0.39, 0.29) is 0 Å². The van der Waals surface area contributed by atoms with Crippen LogP contribution in [0.5, 0.6) is 5.75 Å². The molecule has 0 N–H and O–H groups in total. The zero-order chi connectivity index (χ0) is 10.6. The lowest BCUT2D eigenvalue weighted by Gasteiger charge is -2.17. The molecule has 0 spiro atoms. The summed E-state index contributed by atoms with van der Waals surface area (Å²) >= 11 is 12.8. The molecule has 0 amide bonds. The third kappa shape index (κ3) is 3.44. The minimum atomic E-state index is -0.746. The SMILES string of the molecule is CCCOc1ccccc1C(Cl)(Br)Br. The Bertz CT molecular complexity index is 296. The van der Waals surface area contributed by atoms with Crippen molar-refractivity contribution in [2.75, 3.05) is 6.61 Å². The van der Waals surface area contributed by atoms with Crippen LogP contribution < -0.4 is 4.74 Å². The molecule has 1 aromatic rings. The van der Waals surface area contributed by atoms with Gasteiger partial charge in [-0.15, -0.1) is 0 Å². The number of para-hydroxylation sites is 1. The molecule has 1 nitrogen and oxygen atoms in total. The molecular formula is C10H11Br2ClO. The lowest BCUT2D eigenvalue weighted by molar-refractivity contribution is 0.315. The molecule has 14 heavy (non-hydrogen) atoms. The summed E-state index contributed by atoms with van der Waals surface area (Å²) in [7, 11) is 0. The first-order chi connectivity index (χ1) is 6.55. The maximum Gasteiger partial charge on any atom is 0.182 e. The normalized spacial score (nSPS) is 11.4. The van der Waals surface area contributed by atoms with Crippen molar-refractivity contribution in [3.63, 3.8) is 0 Å². The van der Waals surface area contributed by atoms with Crippen molar-refractivity contribution in [2.24, 2.45) is 0 Å². The predicted molar refractivity (Wildman–Crippen MR) is 67.6 cm³/mol. The van der Waals surface area contributed by atoms with Crippen LogP contribution in [0.2, 0.25) is 0 Å². The van der Waals surface area contributed by atoms with E-state index < -0.39 is 2.69 Å². The first kappa shape index (κ1) is 12.3. The number of ether oxygens (including phenoxy) is 1. The van der Waals surface area contributed by atoms with Crippen molar-refractivity contribution in [3.05, 3.63) is 29.8 Å². The van der Waals surface area contributed by atoms with Crippen LogP contribution in [-0.4, -0.2) is 6.61 Å². The molecule has 0 saturated heterocycles. The van der Waals surface area contributed by atoms with Crippen LogP contribution in [0, 0.1) is 0 Å². The second kappa shape index (κ2) is 5.38. The zero-order valence-electron chi connectivity index (χ0n) is 7.77. The number of hydrogen-bond donors (Lipinski definition) is 0.